The molecule has 2 aromatic carbocycles. The highest BCUT2D eigenvalue weighted by molar-refractivity contribution is 6.99. The maximum atomic E-state index is 7.13. The van der Waals surface area contributed by atoms with Crippen LogP contribution in [-0.2, 0) is 4.43 Å². The molecule has 0 aliphatic heterocycles. The van der Waals surface area contributed by atoms with Crippen LogP contribution in [0.1, 0.15) is 40.2 Å². The van der Waals surface area contributed by atoms with Crippen LogP contribution in [0.2, 0.25) is 10.2 Å². The van der Waals surface area contributed by atoms with E-state index in [0.29, 0.717) is 11.8 Å². The van der Waals surface area contributed by atoms with Crippen molar-refractivity contribution in [3.8, 4) is 11.4 Å². The number of fused-ring (bicyclic) bond motifs is 1. The fraction of sp³-hybridized carbons (Fsp3) is 0.267. The lowest BCUT2D eigenvalue weighted by atomic mass is 10.2. The predicted octanol–water partition coefficient (Wildman–Crippen LogP) is 6.61. The molecule has 0 fully saturated rings. The monoisotopic (exact) mass is 528 g/mol. The molecule has 5 nitrogen and oxygen atoms in total. The van der Waals surface area contributed by atoms with Crippen LogP contribution in [0.15, 0.2) is 91.3 Å². The average molecular weight is 529 g/mol. The lowest BCUT2D eigenvalue weighted by molar-refractivity contribution is 0.265. The summed E-state index contributed by atoms with van der Waals surface area (Å²) in [5.74, 6) is 0. The van der Waals surface area contributed by atoms with E-state index in [1.165, 1.54) is 10.4 Å². The van der Waals surface area contributed by atoms with Gasteiger partial charge in [0, 0.05) is 30.5 Å². The van der Waals surface area contributed by atoms with E-state index in [0.717, 1.165) is 28.7 Å². The maximum absolute atomic E-state index is 7.13. The molecule has 7 heteroatoms. The molecule has 0 aliphatic rings. The van der Waals surface area contributed by atoms with Gasteiger partial charge < -0.3 is 9.41 Å². The molecule has 0 spiro atoms. The van der Waals surface area contributed by atoms with Gasteiger partial charge in [-0.15, -0.1) is 0 Å². The first kappa shape index (κ1) is 25.5. The minimum Gasteiger partial charge on any atom is -0.407 e. The quantitative estimate of drug-likeness (QED) is 0.182. The summed E-state index contributed by atoms with van der Waals surface area (Å²) in [5.41, 5.74) is 2.81. The first-order valence-corrected chi connectivity index (χ1v) is 15.0. The van der Waals surface area contributed by atoms with Crippen LogP contribution in [0.4, 0.5) is 0 Å². The van der Waals surface area contributed by atoms with E-state index in [4.69, 9.17) is 21.1 Å². The van der Waals surface area contributed by atoms with Gasteiger partial charge in [0.2, 0.25) is 0 Å². The van der Waals surface area contributed by atoms with Gasteiger partial charge in [0.1, 0.15) is 10.8 Å². The topological polar surface area (TPSA) is 55.7 Å². The molecule has 0 saturated carbocycles. The van der Waals surface area contributed by atoms with Crippen molar-refractivity contribution < 1.29 is 4.43 Å². The highest BCUT2D eigenvalue weighted by Gasteiger charge is 2.50. The number of hydrogen-bond acceptors (Lipinski definition) is 3. The van der Waals surface area contributed by atoms with Crippen molar-refractivity contribution >= 4 is 41.2 Å². The van der Waals surface area contributed by atoms with E-state index in [2.05, 4.69) is 103 Å². The predicted molar refractivity (Wildman–Crippen MR) is 155 cm³/mol. The van der Waals surface area contributed by atoms with Gasteiger partial charge in [-0.3, -0.25) is 4.68 Å². The lowest BCUT2D eigenvalue weighted by Gasteiger charge is -2.43. The molecule has 0 saturated heterocycles. The SMILES string of the molecule is CC(CCO[Si](c1ccccc1)(c1ccccc1)C(C)(C)C)n1nc(-c2ccc[nH]2)c2cnc(Cl)cc21. The Hall–Kier alpha value is -3.19. The van der Waals surface area contributed by atoms with Gasteiger partial charge >= 0.3 is 0 Å². The molecular weight excluding hydrogens is 496 g/mol. The second kappa shape index (κ2) is 10.3. The molecule has 1 unspecified atom stereocenters. The minimum atomic E-state index is -2.58. The Labute approximate surface area is 224 Å². The number of H-pyrrole nitrogens is 1. The number of aromatic amines is 1. The molecule has 1 atom stereocenters. The van der Waals surface area contributed by atoms with E-state index in [1.807, 2.05) is 30.6 Å². The number of benzene rings is 2. The second-order valence-electron chi connectivity index (χ2n) is 10.6. The molecule has 0 aliphatic carbocycles. The third kappa shape index (κ3) is 4.77. The van der Waals surface area contributed by atoms with Crippen LogP contribution < -0.4 is 10.4 Å². The van der Waals surface area contributed by atoms with Gasteiger partial charge in [-0.05, 0) is 40.9 Å². The van der Waals surface area contributed by atoms with Crippen LogP contribution in [0.3, 0.4) is 0 Å². The Morgan fingerprint density at radius 1 is 0.973 bits per heavy atom. The fourth-order valence-electron chi connectivity index (χ4n) is 5.29. The van der Waals surface area contributed by atoms with Crippen LogP contribution in [-0.4, -0.2) is 34.7 Å². The van der Waals surface area contributed by atoms with Crippen molar-refractivity contribution in [3.05, 3.63) is 96.4 Å². The van der Waals surface area contributed by atoms with Crippen LogP contribution >= 0.6 is 11.6 Å². The first-order chi connectivity index (χ1) is 17.8. The molecule has 0 radical (unpaired) electrons. The van der Waals surface area contributed by atoms with Crippen molar-refractivity contribution in [3.63, 3.8) is 0 Å². The Morgan fingerprint density at radius 3 is 2.19 bits per heavy atom. The Kier molecular flexibility index (Phi) is 7.08. The number of nitrogens with zero attached hydrogens (tertiary/aromatic N) is 3. The fourth-order valence-corrected chi connectivity index (χ4v) is 10.0. The van der Waals surface area contributed by atoms with E-state index in [1.54, 1.807) is 0 Å². The molecule has 0 bridgehead atoms. The molecule has 190 valence electrons. The van der Waals surface area contributed by atoms with Gasteiger partial charge in [-0.1, -0.05) is 93.0 Å². The van der Waals surface area contributed by atoms with Crippen LogP contribution in [0, 0.1) is 0 Å². The summed E-state index contributed by atoms with van der Waals surface area (Å²) in [6.45, 7) is 9.73. The highest BCUT2D eigenvalue weighted by atomic mass is 35.5. The van der Waals surface area contributed by atoms with Gasteiger partial charge in [0.25, 0.3) is 8.32 Å². The molecule has 5 aromatic rings. The zero-order valence-electron chi connectivity index (χ0n) is 21.8. The summed E-state index contributed by atoms with van der Waals surface area (Å²) >= 11 is 6.30. The zero-order chi connectivity index (χ0) is 26.0. The highest BCUT2D eigenvalue weighted by Crippen LogP contribution is 2.37. The largest absolute Gasteiger partial charge is 0.407 e. The molecule has 1 N–H and O–H groups in total. The maximum Gasteiger partial charge on any atom is 0.261 e. The second-order valence-corrected chi connectivity index (χ2v) is 15.2. The van der Waals surface area contributed by atoms with Crippen molar-refractivity contribution in [1.82, 2.24) is 19.7 Å². The average Bonchev–Trinajstić information content (AvgIpc) is 3.55. The van der Waals surface area contributed by atoms with Crippen molar-refractivity contribution in [2.75, 3.05) is 6.61 Å². The Morgan fingerprint density at radius 2 is 1.62 bits per heavy atom. The van der Waals surface area contributed by atoms with E-state index in [9.17, 15) is 0 Å². The molecule has 5 rings (SSSR count). The lowest BCUT2D eigenvalue weighted by Crippen LogP contribution is -2.66. The van der Waals surface area contributed by atoms with E-state index >= 15 is 0 Å². The van der Waals surface area contributed by atoms with Crippen LogP contribution in [0.25, 0.3) is 22.3 Å². The number of rotatable bonds is 8. The zero-order valence-corrected chi connectivity index (χ0v) is 23.5. The molecule has 3 heterocycles. The minimum absolute atomic E-state index is 0.0582. The Bertz CT molecular complexity index is 1420. The Balaban J connectivity index is 1.48. The molecule has 37 heavy (non-hydrogen) atoms. The number of pyridine rings is 1. The van der Waals surface area contributed by atoms with Crippen LogP contribution in [0.5, 0.6) is 0 Å². The number of hydrogen-bond donors (Lipinski definition) is 1. The van der Waals surface area contributed by atoms with Gasteiger partial charge in [0.05, 0.1) is 17.3 Å². The third-order valence-electron chi connectivity index (χ3n) is 7.10. The van der Waals surface area contributed by atoms with Gasteiger partial charge in [0.15, 0.2) is 0 Å². The summed E-state index contributed by atoms with van der Waals surface area (Å²) in [4.78, 5) is 7.59. The van der Waals surface area contributed by atoms with Crippen molar-refractivity contribution in [2.24, 2.45) is 0 Å². The van der Waals surface area contributed by atoms with E-state index in [-0.39, 0.29) is 11.1 Å². The number of nitrogens with one attached hydrogen (secondary N) is 1. The smallest absolute Gasteiger partial charge is 0.261 e. The van der Waals surface area contributed by atoms with Crippen molar-refractivity contribution in [2.45, 2.75) is 45.2 Å². The normalized spacial score (nSPS) is 13.2. The molecular formula is C30H33ClN4OSi. The van der Waals surface area contributed by atoms with Gasteiger partial charge in [-0.2, -0.15) is 5.10 Å². The summed E-state index contributed by atoms with van der Waals surface area (Å²) in [6.07, 6.45) is 4.53. The molecule has 3 aromatic heterocycles. The summed E-state index contributed by atoms with van der Waals surface area (Å²) in [6, 6.07) is 27.5. The first-order valence-electron chi connectivity index (χ1n) is 12.7. The van der Waals surface area contributed by atoms with E-state index < -0.39 is 8.32 Å². The summed E-state index contributed by atoms with van der Waals surface area (Å²) in [7, 11) is -2.58. The number of aromatic nitrogens is 4. The third-order valence-corrected chi connectivity index (χ3v) is 12.3. The van der Waals surface area contributed by atoms with Crippen molar-refractivity contribution in [1.29, 1.82) is 0 Å². The number of halogens is 1. The summed E-state index contributed by atoms with van der Waals surface area (Å²) in [5, 5.41) is 8.96. The molecule has 0 amide bonds. The van der Waals surface area contributed by atoms with Gasteiger partial charge in [-0.25, -0.2) is 4.98 Å². The summed E-state index contributed by atoms with van der Waals surface area (Å²) < 4.78 is 9.19. The standard InChI is InChI=1S/C30H33ClN4OSi/c1-22(35-27-20-28(31)33-21-25(27)29(34-35)26-16-11-18-32-26)17-19-36-37(30(2,3)4,23-12-7-5-8-13-23)24-14-9-6-10-15-24/h5-16,18,20-22,32H,17,19H2,1-4H3.